The molecule has 5 heteroatoms. The topological polar surface area (TPSA) is 70.0 Å². The third kappa shape index (κ3) is 3.04. The highest BCUT2D eigenvalue weighted by molar-refractivity contribution is 5.90. The number of rotatable bonds is 5. The smallest absolute Gasteiger partial charge is 0.339 e. The second-order valence-electron chi connectivity index (χ2n) is 5.90. The molecule has 2 aliphatic rings. The van der Waals surface area contributed by atoms with Crippen molar-refractivity contribution in [2.45, 2.75) is 43.9 Å². The van der Waals surface area contributed by atoms with E-state index >= 15 is 0 Å². The number of carbonyl (C=O) groups is 1. The van der Waals surface area contributed by atoms with E-state index in [2.05, 4.69) is 4.90 Å². The summed E-state index contributed by atoms with van der Waals surface area (Å²) in [5, 5.41) is 18.9. The Morgan fingerprint density at radius 1 is 1.24 bits per heavy atom. The van der Waals surface area contributed by atoms with Gasteiger partial charge in [-0.05, 0) is 37.8 Å². The van der Waals surface area contributed by atoms with E-state index in [4.69, 9.17) is 9.84 Å². The summed E-state index contributed by atoms with van der Waals surface area (Å²) < 4.78 is 5.67. The second kappa shape index (κ2) is 6.03. The van der Waals surface area contributed by atoms with Crippen LogP contribution in [0.4, 0.5) is 0 Å². The fourth-order valence-corrected chi connectivity index (χ4v) is 3.64. The van der Waals surface area contributed by atoms with Gasteiger partial charge < -0.3 is 14.9 Å². The van der Waals surface area contributed by atoms with Gasteiger partial charge in [0.2, 0.25) is 0 Å². The molecule has 21 heavy (non-hydrogen) atoms. The van der Waals surface area contributed by atoms with Crippen LogP contribution in [0.5, 0.6) is 5.75 Å². The van der Waals surface area contributed by atoms with Crippen LogP contribution in [0.2, 0.25) is 0 Å². The molecule has 1 aromatic rings. The van der Waals surface area contributed by atoms with Crippen LogP contribution in [-0.4, -0.2) is 52.4 Å². The van der Waals surface area contributed by atoms with Gasteiger partial charge in [-0.3, -0.25) is 4.90 Å². The van der Waals surface area contributed by atoms with Crippen molar-refractivity contribution in [2.75, 3.05) is 13.2 Å². The molecule has 0 aliphatic carbocycles. The largest absolute Gasteiger partial charge is 0.491 e. The van der Waals surface area contributed by atoms with E-state index < -0.39 is 5.97 Å². The number of carboxylic acid groups (broad SMARTS) is 1. The van der Waals surface area contributed by atoms with Crippen LogP contribution < -0.4 is 4.74 Å². The summed E-state index contributed by atoms with van der Waals surface area (Å²) >= 11 is 0. The highest BCUT2D eigenvalue weighted by atomic mass is 16.5. The minimum Gasteiger partial charge on any atom is -0.491 e. The summed E-state index contributed by atoms with van der Waals surface area (Å²) in [6.07, 6.45) is 3.83. The zero-order valence-electron chi connectivity index (χ0n) is 11.9. The standard InChI is InChI=1S/C16H21NO4/c18-13-9-11-5-6-12(10-13)17(11)7-8-21-15-4-2-1-3-14(15)16(19)20/h1-4,11-13,18H,5-10H2,(H,19,20). The molecule has 1 aromatic carbocycles. The number of hydrogen-bond donors (Lipinski definition) is 2. The van der Waals surface area contributed by atoms with Crippen molar-refractivity contribution in [3.8, 4) is 5.75 Å². The van der Waals surface area contributed by atoms with Crippen LogP contribution in [-0.2, 0) is 0 Å². The van der Waals surface area contributed by atoms with Crippen molar-refractivity contribution in [3.05, 3.63) is 29.8 Å². The lowest BCUT2D eigenvalue weighted by molar-refractivity contribution is 0.0286. The Bertz CT molecular complexity index is 505. The number of para-hydroxylation sites is 1. The molecule has 5 nitrogen and oxygen atoms in total. The van der Waals surface area contributed by atoms with Gasteiger partial charge in [0.1, 0.15) is 17.9 Å². The third-order valence-corrected chi connectivity index (χ3v) is 4.58. The molecular weight excluding hydrogens is 270 g/mol. The highest BCUT2D eigenvalue weighted by Crippen LogP contribution is 2.35. The van der Waals surface area contributed by atoms with Crippen molar-refractivity contribution in [2.24, 2.45) is 0 Å². The summed E-state index contributed by atoms with van der Waals surface area (Å²) in [5.74, 6) is -0.541. The van der Waals surface area contributed by atoms with Gasteiger partial charge in [-0.25, -0.2) is 4.79 Å². The molecule has 114 valence electrons. The molecule has 2 heterocycles. The minimum absolute atomic E-state index is 0.160. The molecule has 3 rings (SSSR count). The Labute approximate surface area is 124 Å². The first-order chi connectivity index (χ1) is 10.1. The monoisotopic (exact) mass is 291 g/mol. The maximum Gasteiger partial charge on any atom is 0.339 e. The van der Waals surface area contributed by atoms with Crippen LogP contribution in [0.25, 0.3) is 0 Å². The van der Waals surface area contributed by atoms with Crippen LogP contribution in [0, 0.1) is 0 Å². The summed E-state index contributed by atoms with van der Waals surface area (Å²) in [6, 6.07) is 7.64. The van der Waals surface area contributed by atoms with E-state index in [1.54, 1.807) is 24.3 Å². The molecule has 2 bridgehead atoms. The minimum atomic E-state index is -0.966. The molecule has 2 unspecified atom stereocenters. The van der Waals surface area contributed by atoms with E-state index in [1.807, 2.05) is 0 Å². The number of aliphatic hydroxyl groups is 1. The summed E-state index contributed by atoms with van der Waals surface area (Å²) in [7, 11) is 0. The zero-order valence-corrected chi connectivity index (χ0v) is 11.9. The van der Waals surface area contributed by atoms with E-state index in [9.17, 15) is 9.90 Å². The van der Waals surface area contributed by atoms with Crippen molar-refractivity contribution in [1.29, 1.82) is 0 Å². The Balaban J connectivity index is 1.56. The summed E-state index contributed by atoms with van der Waals surface area (Å²) in [6.45, 7) is 1.27. The van der Waals surface area contributed by atoms with Crippen molar-refractivity contribution in [1.82, 2.24) is 4.90 Å². The number of carboxylic acids is 1. The molecule has 0 amide bonds. The van der Waals surface area contributed by atoms with Gasteiger partial charge in [0, 0.05) is 18.6 Å². The van der Waals surface area contributed by atoms with Gasteiger partial charge in [0.25, 0.3) is 0 Å². The van der Waals surface area contributed by atoms with Gasteiger partial charge in [-0.2, -0.15) is 0 Å². The molecule has 2 atom stereocenters. The lowest BCUT2D eigenvalue weighted by Crippen LogP contribution is -2.46. The van der Waals surface area contributed by atoms with Gasteiger partial charge in [0.05, 0.1) is 6.10 Å². The van der Waals surface area contributed by atoms with E-state index in [1.165, 1.54) is 0 Å². The number of aromatic carboxylic acids is 1. The number of benzene rings is 1. The average molecular weight is 291 g/mol. The highest BCUT2D eigenvalue weighted by Gasteiger charge is 2.39. The molecular formula is C16H21NO4. The lowest BCUT2D eigenvalue weighted by atomic mass is 10.0. The molecule has 0 aromatic heterocycles. The van der Waals surface area contributed by atoms with E-state index in [-0.39, 0.29) is 11.7 Å². The molecule has 2 N–H and O–H groups in total. The third-order valence-electron chi connectivity index (χ3n) is 4.58. The Kier molecular flexibility index (Phi) is 4.12. The van der Waals surface area contributed by atoms with Gasteiger partial charge in [-0.1, -0.05) is 12.1 Å². The lowest BCUT2D eigenvalue weighted by Gasteiger charge is -2.36. The van der Waals surface area contributed by atoms with Crippen LogP contribution >= 0.6 is 0 Å². The zero-order chi connectivity index (χ0) is 14.8. The maximum atomic E-state index is 11.1. The Morgan fingerprint density at radius 3 is 2.57 bits per heavy atom. The van der Waals surface area contributed by atoms with Crippen molar-refractivity contribution < 1.29 is 19.7 Å². The van der Waals surface area contributed by atoms with Crippen LogP contribution in [0.15, 0.2) is 24.3 Å². The van der Waals surface area contributed by atoms with Crippen molar-refractivity contribution in [3.63, 3.8) is 0 Å². The number of piperidine rings is 1. The number of aliphatic hydroxyl groups excluding tert-OH is 1. The van der Waals surface area contributed by atoms with Crippen LogP contribution in [0.1, 0.15) is 36.0 Å². The van der Waals surface area contributed by atoms with E-state index in [0.717, 1.165) is 32.2 Å². The summed E-state index contributed by atoms with van der Waals surface area (Å²) in [4.78, 5) is 13.5. The van der Waals surface area contributed by atoms with Crippen molar-refractivity contribution >= 4 is 5.97 Å². The number of hydrogen-bond acceptors (Lipinski definition) is 4. The number of nitrogens with zero attached hydrogens (tertiary/aromatic N) is 1. The molecule has 0 saturated carbocycles. The first-order valence-corrected chi connectivity index (χ1v) is 7.54. The predicted molar refractivity (Wildman–Crippen MR) is 77.7 cm³/mol. The normalized spacial score (nSPS) is 28.5. The molecule has 0 radical (unpaired) electrons. The van der Waals surface area contributed by atoms with Gasteiger partial charge in [-0.15, -0.1) is 0 Å². The second-order valence-corrected chi connectivity index (χ2v) is 5.90. The summed E-state index contributed by atoms with van der Waals surface area (Å²) in [5.41, 5.74) is 0.203. The first kappa shape index (κ1) is 14.4. The molecule has 2 aliphatic heterocycles. The Hall–Kier alpha value is -1.59. The SMILES string of the molecule is O=C(O)c1ccccc1OCCN1C2CCC1CC(O)C2. The fourth-order valence-electron chi connectivity index (χ4n) is 3.64. The van der Waals surface area contributed by atoms with Gasteiger partial charge in [0.15, 0.2) is 0 Å². The maximum absolute atomic E-state index is 11.1. The predicted octanol–water partition coefficient (Wildman–Crippen LogP) is 1.75. The number of ether oxygens (including phenoxy) is 1. The van der Waals surface area contributed by atoms with E-state index in [0.29, 0.717) is 24.4 Å². The quantitative estimate of drug-likeness (QED) is 0.865. The average Bonchev–Trinajstić information content (AvgIpc) is 2.70. The van der Waals surface area contributed by atoms with Crippen LogP contribution in [0.3, 0.4) is 0 Å². The molecule has 0 spiro atoms. The van der Waals surface area contributed by atoms with Gasteiger partial charge >= 0.3 is 5.97 Å². The first-order valence-electron chi connectivity index (χ1n) is 7.54. The molecule has 2 saturated heterocycles. The fraction of sp³-hybridized carbons (Fsp3) is 0.562. The molecule has 2 fully saturated rings. The number of fused-ring (bicyclic) bond motifs is 2. The Morgan fingerprint density at radius 2 is 1.90 bits per heavy atom.